The highest BCUT2D eigenvalue weighted by molar-refractivity contribution is 5.99. The number of anilines is 1. The van der Waals surface area contributed by atoms with E-state index in [1.54, 1.807) is 12.3 Å². The Kier molecular flexibility index (Phi) is 5.79. The van der Waals surface area contributed by atoms with Crippen LogP contribution >= 0.6 is 0 Å². The highest BCUT2D eigenvalue weighted by Crippen LogP contribution is 2.35. The first kappa shape index (κ1) is 22.8. The molecule has 0 aliphatic carbocycles. The zero-order valence-corrected chi connectivity index (χ0v) is 20.9. The largest absolute Gasteiger partial charge is 0.462 e. The molecule has 0 bridgehead atoms. The Hall–Kier alpha value is -3.59. The van der Waals surface area contributed by atoms with Crippen molar-refractivity contribution in [2.75, 3.05) is 38.2 Å². The molecule has 2 aliphatic rings. The van der Waals surface area contributed by atoms with Crippen LogP contribution in [0.25, 0.3) is 33.1 Å². The number of H-pyrrole nitrogens is 1. The minimum Gasteiger partial charge on any atom is -0.462 e. The fourth-order valence-electron chi connectivity index (χ4n) is 5.33. The molecule has 9 heteroatoms. The lowest BCUT2D eigenvalue weighted by Gasteiger charge is -2.27. The van der Waals surface area contributed by atoms with Crippen molar-refractivity contribution in [3.63, 3.8) is 0 Å². The quantitative estimate of drug-likeness (QED) is 0.436. The fourth-order valence-corrected chi connectivity index (χ4v) is 5.33. The number of nitrogens with zero attached hydrogens (tertiary/aromatic N) is 6. The Bertz CT molecular complexity index is 1480. The van der Waals surface area contributed by atoms with E-state index in [1.807, 2.05) is 17.2 Å². The second kappa shape index (κ2) is 9.13. The third-order valence-electron chi connectivity index (χ3n) is 7.54. The molecule has 1 N–H and O–H groups in total. The third kappa shape index (κ3) is 4.07. The average molecular weight is 488 g/mol. The topological polar surface area (TPSA) is 83.1 Å². The Labute approximate surface area is 209 Å². The Balaban J connectivity index is 1.46. The number of benzene rings is 1. The molecule has 1 aromatic carbocycles. The number of rotatable bonds is 5. The summed E-state index contributed by atoms with van der Waals surface area (Å²) < 4.78 is 20.4. The van der Waals surface area contributed by atoms with Gasteiger partial charge >= 0.3 is 6.01 Å². The van der Waals surface area contributed by atoms with Gasteiger partial charge in [0, 0.05) is 29.7 Å². The normalized spacial score (nSPS) is 18.8. The molecule has 0 radical (unpaired) electrons. The predicted octanol–water partition coefficient (Wildman–Crippen LogP) is 4.72. The zero-order valence-electron chi connectivity index (χ0n) is 20.9. The van der Waals surface area contributed by atoms with Gasteiger partial charge in [-0.2, -0.15) is 15.1 Å². The molecule has 1 saturated heterocycles. The fraction of sp³-hybridized carbons (Fsp3) is 0.407. The van der Waals surface area contributed by atoms with Crippen molar-refractivity contribution in [2.24, 2.45) is 0 Å². The van der Waals surface area contributed by atoms with Gasteiger partial charge in [0.25, 0.3) is 0 Å². The smallest absolute Gasteiger partial charge is 0.319 e. The van der Waals surface area contributed by atoms with Gasteiger partial charge in [0.1, 0.15) is 18.3 Å². The number of aryl methyl sites for hydroxylation is 1. The molecule has 5 heterocycles. The molecule has 0 amide bonds. The molecule has 0 saturated carbocycles. The lowest BCUT2D eigenvalue weighted by Crippen LogP contribution is -2.32. The van der Waals surface area contributed by atoms with Gasteiger partial charge in [-0.15, -0.1) is 0 Å². The maximum atomic E-state index is 14.2. The Morgan fingerprint density at radius 2 is 2.03 bits per heavy atom. The first-order valence-electron chi connectivity index (χ1n) is 12.5. The van der Waals surface area contributed by atoms with Crippen molar-refractivity contribution in [1.82, 2.24) is 30.0 Å². The van der Waals surface area contributed by atoms with E-state index in [4.69, 9.17) is 19.7 Å². The van der Waals surface area contributed by atoms with Crippen LogP contribution in [-0.4, -0.2) is 69.4 Å². The molecule has 36 heavy (non-hydrogen) atoms. The third-order valence-corrected chi connectivity index (χ3v) is 7.54. The number of nitrogens with one attached hydrogen (secondary N) is 1. The second-order valence-electron chi connectivity index (χ2n) is 9.89. The number of aromatic amines is 1. The van der Waals surface area contributed by atoms with Gasteiger partial charge < -0.3 is 14.5 Å². The number of likely N-dealkylation sites (tertiary alicyclic amines) is 1. The first-order chi connectivity index (χ1) is 17.5. The maximum absolute atomic E-state index is 14.2. The van der Waals surface area contributed by atoms with E-state index in [0.717, 1.165) is 57.2 Å². The summed E-state index contributed by atoms with van der Waals surface area (Å²) in [5, 5.41) is 9.12. The van der Waals surface area contributed by atoms with Crippen LogP contribution < -0.4 is 9.64 Å². The maximum Gasteiger partial charge on any atom is 0.319 e. The number of hydrogen-bond donors (Lipinski definition) is 1. The Morgan fingerprint density at radius 3 is 2.83 bits per heavy atom. The van der Waals surface area contributed by atoms with Crippen LogP contribution in [0.15, 0.2) is 36.4 Å². The average Bonchev–Trinajstić information content (AvgIpc) is 3.50. The summed E-state index contributed by atoms with van der Waals surface area (Å²) in [4.78, 5) is 18.6. The van der Waals surface area contributed by atoms with Crippen LogP contribution in [0.2, 0.25) is 0 Å². The predicted molar refractivity (Wildman–Crippen MR) is 139 cm³/mol. The van der Waals surface area contributed by atoms with E-state index < -0.39 is 0 Å². The van der Waals surface area contributed by atoms with Crippen LogP contribution in [0, 0.1) is 13.8 Å². The first-order valence-corrected chi connectivity index (χ1v) is 12.5. The molecule has 1 atom stereocenters. The second-order valence-corrected chi connectivity index (χ2v) is 9.89. The molecular weight excluding hydrogens is 457 g/mol. The van der Waals surface area contributed by atoms with Crippen LogP contribution in [0.4, 0.5) is 10.2 Å². The number of aromatic nitrogens is 5. The number of hydrogen-bond acceptors (Lipinski definition) is 7. The molecule has 0 spiro atoms. The number of ether oxygens (including phenoxy) is 1. The lowest BCUT2D eigenvalue weighted by atomic mass is 9.96. The number of fused-ring (bicyclic) bond motifs is 2. The van der Waals surface area contributed by atoms with Crippen molar-refractivity contribution >= 4 is 27.6 Å². The van der Waals surface area contributed by atoms with Crippen LogP contribution in [-0.2, 0) is 0 Å². The number of likely N-dealkylation sites (N-methyl/N-ethyl adjacent to an activating group) is 1. The molecule has 3 aromatic heterocycles. The van der Waals surface area contributed by atoms with E-state index in [-0.39, 0.29) is 12.4 Å². The van der Waals surface area contributed by atoms with Crippen LogP contribution in [0.3, 0.4) is 0 Å². The van der Waals surface area contributed by atoms with Gasteiger partial charge in [-0.25, -0.2) is 4.39 Å². The van der Waals surface area contributed by atoms with Gasteiger partial charge in [-0.1, -0.05) is 0 Å². The lowest BCUT2D eigenvalue weighted by molar-refractivity contribution is 0.188. The highest BCUT2D eigenvalue weighted by atomic mass is 19.1. The number of pyridine rings is 1. The molecule has 6 rings (SSSR count). The van der Waals surface area contributed by atoms with Crippen molar-refractivity contribution in [3.8, 4) is 17.3 Å². The van der Waals surface area contributed by atoms with E-state index in [2.05, 4.69) is 42.1 Å². The molecule has 186 valence electrons. The summed E-state index contributed by atoms with van der Waals surface area (Å²) in [5.74, 6) is 0.511. The standard InChI is InChI=1S/C27H30FN7O/c1-16-10-23-20(13-30-33-23)25(17(16)2)24-11-22-21(12-29-24)26(35-9-4-6-18(28)14-35)32-27(31-22)36-15-19-7-5-8-34(19)3/h6,10-13,19H,4-5,7-9,14-15H2,1-3H3,(H,30,33). The minimum absolute atomic E-state index is 0.148. The molecule has 2 aliphatic heterocycles. The monoisotopic (exact) mass is 487 g/mol. The van der Waals surface area contributed by atoms with Gasteiger partial charge in [-0.3, -0.25) is 10.1 Å². The molecule has 1 unspecified atom stereocenters. The number of halogens is 1. The molecule has 8 nitrogen and oxygen atoms in total. The van der Waals surface area contributed by atoms with E-state index in [0.29, 0.717) is 37.4 Å². The van der Waals surface area contributed by atoms with E-state index >= 15 is 0 Å². The van der Waals surface area contributed by atoms with E-state index in [9.17, 15) is 4.39 Å². The summed E-state index contributed by atoms with van der Waals surface area (Å²) in [7, 11) is 2.12. The van der Waals surface area contributed by atoms with Crippen molar-refractivity contribution < 1.29 is 9.13 Å². The van der Waals surface area contributed by atoms with Crippen molar-refractivity contribution in [2.45, 2.75) is 39.2 Å². The van der Waals surface area contributed by atoms with Crippen LogP contribution in [0.1, 0.15) is 30.4 Å². The summed E-state index contributed by atoms with van der Waals surface area (Å²) in [6, 6.07) is 4.76. The summed E-state index contributed by atoms with van der Waals surface area (Å²) in [6.07, 6.45) is 8.18. The van der Waals surface area contributed by atoms with E-state index in [1.165, 1.54) is 6.42 Å². The van der Waals surface area contributed by atoms with Gasteiger partial charge in [0.2, 0.25) is 0 Å². The van der Waals surface area contributed by atoms with Gasteiger partial charge in [0.15, 0.2) is 0 Å². The minimum atomic E-state index is -0.148. The molecular formula is C27H30FN7O. The highest BCUT2D eigenvalue weighted by Gasteiger charge is 2.24. The van der Waals surface area contributed by atoms with Gasteiger partial charge in [0.05, 0.1) is 34.9 Å². The summed E-state index contributed by atoms with van der Waals surface area (Å²) in [5.41, 5.74) is 5.85. The SMILES string of the molecule is Cc1cc2[nH]ncc2c(-c2cc3nc(OCC4CCCN4C)nc(N4CCC=C(F)C4)c3cn2)c1C. The molecule has 4 aromatic rings. The van der Waals surface area contributed by atoms with Crippen LogP contribution in [0.5, 0.6) is 6.01 Å². The molecule has 1 fully saturated rings. The zero-order chi connectivity index (χ0) is 24.8. The van der Waals surface area contributed by atoms with Crippen molar-refractivity contribution in [3.05, 3.63) is 47.6 Å². The Morgan fingerprint density at radius 1 is 1.14 bits per heavy atom. The van der Waals surface area contributed by atoms with Gasteiger partial charge in [-0.05, 0) is 76.0 Å². The summed E-state index contributed by atoms with van der Waals surface area (Å²) in [6.45, 7) is 6.66. The van der Waals surface area contributed by atoms with Crippen molar-refractivity contribution in [1.29, 1.82) is 0 Å². The summed E-state index contributed by atoms with van der Waals surface area (Å²) >= 11 is 0.